The first-order chi connectivity index (χ1) is 9.11. The minimum atomic E-state index is -1.65. The van der Waals surface area contributed by atoms with Crippen LogP contribution in [0.2, 0.25) is 0 Å². The van der Waals surface area contributed by atoms with E-state index in [0.717, 1.165) is 12.8 Å². The molecule has 0 aromatic rings. The molecule has 0 spiro atoms. The summed E-state index contributed by atoms with van der Waals surface area (Å²) in [5.41, 5.74) is -3.14. The van der Waals surface area contributed by atoms with Gasteiger partial charge < -0.3 is 9.47 Å². The van der Waals surface area contributed by atoms with E-state index in [0.29, 0.717) is 12.8 Å². The van der Waals surface area contributed by atoms with Gasteiger partial charge in [0.05, 0.1) is 30.7 Å². The molecule has 1 N–H and O–H groups in total. The van der Waals surface area contributed by atoms with E-state index in [9.17, 15) is 15.8 Å². The molecule has 0 amide bonds. The number of rotatable bonds is 0. The predicted molar refractivity (Wildman–Crippen MR) is 61.2 cm³/mol. The lowest BCUT2D eigenvalue weighted by atomic mass is 9.54. The van der Waals surface area contributed by atoms with Gasteiger partial charge in [0.2, 0.25) is 11.7 Å². The zero-order valence-electron chi connectivity index (χ0n) is 10.3. The van der Waals surface area contributed by atoms with Gasteiger partial charge in [-0.15, -0.1) is 0 Å². The third kappa shape index (κ3) is 1.06. The van der Waals surface area contributed by atoms with Crippen LogP contribution in [-0.2, 0) is 9.47 Å². The maximum absolute atomic E-state index is 9.64. The van der Waals surface area contributed by atoms with Crippen molar-refractivity contribution >= 4 is 5.90 Å². The van der Waals surface area contributed by atoms with E-state index in [2.05, 4.69) is 6.07 Å². The summed E-state index contributed by atoms with van der Waals surface area (Å²) in [6.45, 7) is -0.174. The molecule has 1 saturated carbocycles. The van der Waals surface area contributed by atoms with Crippen molar-refractivity contribution in [3.63, 3.8) is 0 Å². The second-order valence-corrected chi connectivity index (χ2v) is 5.38. The minimum absolute atomic E-state index is 0.174. The Labute approximate surface area is 110 Å². The first kappa shape index (κ1) is 12.0. The molecule has 2 bridgehead atoms. The van der Waals surface area contributed by atoms with Crippen molar-refractivity contribution in [3.8, 4) is 18.2 Å². The highest BCUT2D eigenvalue weighted by molar-refractivity contribution is 5.89. The number of nitriles is 3. The predicted octanol–water partition coefficient (Wildman–Crippen LogP) is 1.45. The smallest absolute Gasteiger partial charge is 0.217 e. The molecular formula is C13H12N4O2. The van der Waals surface area contributed by atoms with Gasteiger partial charge in [-0.05, 0) is 12.8 Å². The van der Waals surface area contributed by atoms with Gasteiger partial charge >= 0.3 is 0 Å². The van der Waals surface area contributed by atoms with Crippen LogP contribution in [0.15, 0.2) is 0 Å². The van der Waals surface area contributed by atoms with Gasteiger partial charge in [-0.1, -0.05) is 6.42 Å². The molecule has 0 aromatic heterocycles. The van der Waals surface area contributed by atoms with Crippen molar-refractivity contribution < 1.29 is 9.47 Å². The van der Waals surface area contributed by atoms with Crippen LogP contribution in [0.4, 0.5) is 0 Å². The van der Waals surface area contributed by atoms with Gasteiger partial charge in [-0.2, -0.15) is 15.8 Å². The van der Waals surface area contributed by atoms with Gasteiger partial charge in [0.15, 0.2) is 10.8 Å². The normalized spacial score (nSPS) is 42.2. The fourth-order valence-corrected chi connectivity index (χ4v) is 3.72. The Bertz CT molecular complexity index is 567. The summed E-state index contributed by atoms with van der Waals surface area (Å²) in [7, 11) is 0. The molecule has 2 aliphatic heterocycles. The van der Waals surface area contributed by atoms with Crippen molar-refractivity contribution in [2.75, 3.05) is 6.61 Å². The molecular weight excluding hydrogens is 244 g/mol. The monoisotopic (exact) mass is 256 g/mol. The van der Waals surface area contributed by atoms with E-state index in [1.54, 1.807) is 0 Å². The number of ether oxygens (including phenoxy) is 2. The molecule has 2 heterocycles. The molecule has 0 radical (unpaired) electrons. The first-order valence-corrected chi connectivity index (χ1v) is 6.26. The summed E-state index contributed by atoms with van der Waals surface area (Å²) in [5.74, 6) is -1.65. The average molecular weight is 256 g/mol. The number of hydrogen-bond acceptors (Lipinski definition) is 6. The van der Waals surface area contributed by atoms with E-state index in [1.807, 2.05) is 12.1 Å². The summed E-state index contributed by atoms with van der Waals surface area (Å²) in [5, 5.41) is 36.5. The van der Waals surface area contributed by atoms with E-state index < -0.39 is 22.5 Å². The molecule has 96 valence electrons. The molecule has 6 nitrogen and oxygen atoms in total. The molecule has 3 fully saturated rings. The lowest BCUT2D eigenvalue weighted by molar-refractivity contribution is -0.260. The quantitative estimate of drug-likeness (QED) is 0.704. The Hall–Kier alpha value is -2.10. The van der Waals surface area contributed by atoms with E-state index in [4.69, 9.17) is 14.9 Å². The zero-order valence-corrected chi connectivity index (χ0v) is 10.3. The molecule has 19 heavy (non-hydrogen) atoms. The van der Waals surface area contributed by atoms with Gasteiger partial charge in [0.25, 0.3) is 0 Å². The van der Waals surface area contributed by atoms with Crippen LogP contribution >= 0.6 is 0 Å². The molecule has 0 aromatic carbocycles. The third-order valence-electron chi connectivity index (χ3n) is 4.72. The van der Waals surface area contributed by atoms with Crippen molar-refractivity contribution in [1.29, 1.82) is 21.2 Å². The highest BCUT2D eigenvalue weighted by atomic mass is 16.7. The Morgan fingerprint density at radius 3 is 2.53 bits per heavy atom. The molecule has 6 heteroatoms. The number of nitrogens with one attached hydrogen (secondary N) is 1. The van der Waals surface area contributed by atoms with Crippen LogP contribution in [-0.4, -0.2) is 18.3 Å². The summed E-state index contributed by atoms with van der Waals surface area (Å²) >= 11 is 0. The van der Waals surface area contributed by atoms with E-state index in [-0.39, 0.29) is 12.5 Å². The third-order valence-corrected chi connectivity index (χ3v) is 4.72. The highest BCUT2D eigenvalue weighted by Crippen LogP contribution is 2.64. The van der Waals surface area contributed by atoms with E-state index >= 15 is 0 Å². The standard InChI is InChI=1S/C13H12N4O2/c14-5-11(6-15)8-18-13-4-2-1-3-9(13)12(11,7-16)10(17)19-13/h9,17H,1-4,8H2/t9-,12+,13-/m1/s1. The van der Waals surface area contributed by atoms with Crippen molar-refractivity contribution in [3.05, 3.63) is 0 Å². The molecule has 3 rings (SSSR count). The average Bonchev–Trinajstić information content (AvgIpc) is 2.65. The van der Waals surface area contributed by atoms with E-state index in [1.165, 1.54) is 0 Å². The topological polar surface area (TPSA) is 114 Å². The molecule has 2 saturated heterocycles. The minimum Gasteiger partial charge on any atom is -0.447 e. The van der Waals surface area contributed by atoms with Crippen LogP contribution in [0.5, 0.6) is 0 Å². The maximum atomic E-state index is 9.64. The first-order valence-electron chi connectivity index (χ1n) is 6.26. The second kappa shape index (κ2) is 3.47. The molecule has 0 unspecified atom stereocenters. The lowest BCUT2D eigenvalue weighted by Gasteiger charge is -2.47. The number of hydrogen-bond donors (Lipinski definition) is 1. The molecule has 3 atom stereocenters. The maximum Gasteiger partial charge on any atom is 0.217 e. The van der Waals surface area contributed by atoms with Gasteiger partial charge in [0, 0.05) is 6.42 Å². The Kier molecular flexibility index (Phi) is 2.18. The van der Waals surface area contributed by atoms with Gasteiger partial charge in [-0.25, -0.2) is 0 Å². The highest BCUT2D eigenvalue weighted by Gasteiger charge is 2.77. The van der Waals surface area contributed by atoms with Crippen LogP contribution in [0.1, 0.15) is 25.7 Å². The van der Waals surface area contributed by atoms with Crippen LogP contribution in [0.3, 0.4) is 0 Å². The van der Waals surface area contributed by atoms with Crippen LogP contribution in [0, 0.1) is 56.2 Å². The number of nitrogens with zero attached hydrogens (tertiary/aromatic N) is 3. The fourth-order valence-electron chi connectivity index (χ4n) is 3.72. The summed E-state index contributed by atoms with van der Waals surface area (Å²) < 4.78 is 11.3. The summed E-state index contributed by atoms with van der Waals surface area (Å²) in [6, 6.07) is 5.91. The summed E-state index contributed by atoms with van der Waals surface area (Å²) in [6.07, 6.45) is 3.04. The van der Waals surface area contributed by atoms with Crippen molar-refractivity contribution in [2.24, 2.45) is 16.7 Å². The SMILES string of the molecule is N#CC1(C#N)CO[C@@]23CCCC[C@@H]2[C@@]1(C#N)C(=N)O3. The second-order valence-electron chi connectivity index (χ2n) is 5.38. The largest absolute Gasteiger partial charge is 0.447 e. The zero-order chi connectivity index (χ0) is 13.7. The van der Waals surface area contributed by atoms with Gasteiger partial charge in [0.1, 0.15) is 0 Å². The van der Waals surface area contributed by atoms with Crippen LogP contribution < -0.4 is 0 Å². The van der Waals surface area contributed by atoms with Crippen molar-refractivity contribution in [2.45, 2.75) is 31.5 Å². The fraction of sp³-hybridized carbons (Fsp3) is 0.692. The van der Waals surface area contributed by atoms with Crippen LogP contribution in [0.25, 0.3) is 0 Å². The van der Waals surface area contributed by atoms with Crippen molar-refractivity contribution in [1.82, 2.24) is 0 Å². The van der Waals surface area contributed by atoms with Gasteiger partial charge in [-0.3, -0.25) is 5.41 Å². The Morgan fingerprint density at radius 2 is 1.89 bits per heavy atom. The lowest BCUT2D eigenvalue weighted by Crippen LogP contribution is -2.59. The molecule has 3 aliphatic rings. The molecule has 1 aliphatic carbocycles. The Balaban J connectivity index is 2.25. The summed E-state index contributed by atoms with van der Waals surface area (Å²) in [4.78, 5) is 0. The Morgan fingerprint density at radius 1 is 1.16 bits per heavy atom.